The zero-order chi connectivity index (χ0) is 16.8. The molecule has 1 amide bonds. The summed E-state index contributed by atoms with van der Waals surface area (Å²) in [4.78, 5) is 18.8. The van der Waals surface area contributed by atoms with E-state index >= 15 is 0 Å². The summed E-state index contributed by atoms with van der Waals surface area (Å²) < 4.78 is 24.1. The predicted molar refractivity (Wildman–Crippen MR) is 86.9 cm³/mol. The molecule has 124 valence electrons. The maximum absolute atomic E-state index is 12.8. The fourth-order valence-electron chi connectivity index (χ4n) is 3.03. The van der Waals surface area contributed by atoms with Crippen LogP contribution in [0.25, 0.3) is 5.65 Å². The SMILES string of the molecule is Cc1nc2ccc(Cl)cn2c1C(=O)N1CCC(CS(N)(=O)=O)C1. The zero-order valence-corrected chi connectivity index (χ0v) is 14.1. The van der Waals surface area contributed by atoms with Crippen LogP contribution in [0.5, 0.6) is 0 Å². The number of primary sulfonamides is 1. The highest BCUT2D eigenvalue weighted by Crippen LogP contribution is 2.23. The molecule has 2 aromatic rings. The van der Waals surface area contributed by atoms with Gasteiger partial charge in [-0.3, -0.25) is 9.20 Å². The maximum atomic E-state index is 12.8. The van der Waals surface area contributed by atoms with Crippen LogP contribution in [-0.4, -0.2) is 47.5 Å². The molecule has 9 heteroatoms. The molecule has 3 heterocycles. The summed E-state index contributed by atoms with van der Waals surface area (Å²) in [5, 5.41) is 5.60. The van der Waals surface area contributed by atoms with Gasteiger partial charge in [0.25, 0.3) is 5.91 Å². The summed E-state index contributed by atoms with van der Waals surface area (Å²) >= 11 is 6.01. The Kier molecular flexibility index (Phi) is 4.07. The molecular weight excluding hydrogens is 340 g/mol. The smallest absolute Gasteiger partial charge is 0.272 e. The monoisotopic (exact) mass is 356 g/mol. The molecule has 2 aromatic heterocycles. The van der Waals surface area contributed by atoms with E-state index < -0.39 is 10.0 Å². The van der Waals surface area contributed by atoms with Crippen LogP contribution < -0.4 is 5.14 Å². The standard InChI is InChI=1S/C14H17ClN4O3S/c1-9-13(19-7-11(15)2-3-12(19)17-9)14(20)18-5-4-10(6-18)8-23(16,21)22/h2-3,7,10H,4-6,8H2,1H3,(H2,16,21,22). The fraction of sp³-hybridized carbons (Fsp3) is 0.429. The quantitative estimate of drug-likeness (QED) is 0.888. The molecule has 0 saturated carbocycles. The molecular formula is C14H17ClN4O3S. The Morgan fingerprint density at radius 3 is 2.91 bits per heavy atom. The molecule has 7 nitrogen and oxygen atoms in total. The minimum Gasteiger partial charge on any atom is -0.337 e. The fourth-order valence-corrected chi connectivity index (χ4v) is 4.12. The summed E-state index contributed by atoms with van der Waals surface area (Å²) in [5.74, 6) is -0.402. The normalized spacial score (nSPS) is 18.7. The van der Waals surface area contributed by atoms with Crippen LogP contribution in [0.2, 0.25) is 5.02 Å². The highest BCUT2D eigenvalue weighted by molar-refractivity contribution is 7.89. The number of aryl methyl sites for hydroxylation is 1. The molecule has 1 aliphatic rings. The molecule has 0 aliphatic carbocycles. The van der Waals surface area contributed by atoms with Gasteiger partial charge >= 0.3 is 0 Å². The van der Waals surface area contributed by atoms with Gasteiger partial charge in [-0.25, -0.2) is 18.5 Å². The largest absolute Gasteiger partial charge is 0.337 e. The number of likely N-dealkylation sites (tertiary alicyclic amines) is 1. The second kappa shape index (κ2) is 5.77. The molecule has 0 radical (unpaired) electrons. The molecule has 1 saturated heterocycles. The minimum absolute atomic E-state index is 0.102. The number of fused-ring (bicyclic) bond motifs is 1. The van der Waals surface area contributed by atoms with Crippen molar-refractivity contribution in [1.82, 2.24) is 14.3 Å². The van der Waals surface area contributed by atoms with E-state index in [2.05, 4.69) is 4.98 Å². The lowest BCUT2D eigenvalue weighted by atomic mass is 10.2. The van der Waals surface area contributed by atoms with Gasteiger partial charge in [0.05, 0.1) is 16.5 Å². The topological polar surface area (TPSA) is 97.8 Å². The lowest BCUT2D eigenvalue weighted by Crippen LogP contribution is -2.32. The van der Waals surface area contributed by atoms with Gasteiger partial charge in [-0.05, 0) is 31.4 Å². The Bertz CT molecular complexity index is 878. The van der Waals surface area contributed by atoms with Gasteiger partial charge in [-0.2, -0.15) is 0 Å². The lowest BCUT2D eigenvalue weighted by molar-refractivity contribution is 0.0780. The molecule has 23 heavy (non-hydrogen) atoms. The van der Waals surface area contributed by atoms with Gasteiger partial charge in [-0.15, -0.1) is 0 Å². The van der Waals surface area contributed by atoms with E-state index in [1.165, 1.54) is 0 Å². The summed E-state index contributed by atoms with van der Waals surface area (Å²) in [7, 11) is -3.53. The number of carbonyl (C=O) groups excluding carboxylic acids is 1. The number of imidazole rings is 1. The van der Waals surface area contributed by atoms with Crippen molar-refractivity contribution in [3.63, 3.8) is 0 Å². The number of nitrogens with two attached hydrogens (primary N) is 1. The number of rotatable bonds is 3. The average Bonchev–Trinajstić information content (AvgIpc) is 3.00. The predicted octanol–water partition coefficient (Wildman–Crippen LogP) is 1.05. The van der Waals surface area contributed by atoms with Crippen molar-refractivity contribution in [3.05, 3.63) is 34.7 Å². The lowest BCUT2D eigenvalue weighted by Gasteiger charge is -2.16. The molecule has 1 aliphatic heterocycles. The highest BCUT2D eigenvalue weighted by Gasteiger charge is 2.31. The van der Waals surface area contributed by atoms with Crippen molar-refractivity contribution in [2.75, 3.05) is 18.8 Å². The van der Waals surface area contributed by atoms with Crippen LogP contribution >= 0.6 is 11.6 Å². The molecule has 0 spiro atoms. The summed E-state index contributed by atoms with van der Waals surface area (Å²) in [6.07, 6.45) is 2.28. The first-order valence-corrected chi connectivity index (χ1v) is 9.28. The maximum Gasteiger partial charge on any atom is 0.272 e. The van der Waals surface area contributed by atoms with Crippen molar-refractivity contribution in [2.45, 2.75) is 13.3 Å². The second-order valence-corrected chi connectivity index (χ2v) is 7.95. The number of hydrogen-bond acceptors (Lipinski definition) is 4. The van der Waals surface area contributed by atoms with E-state index in [9.17, 15) is 13.2 Å². The van der Waals surface area contributed by atoms with Crippen LogP contribution in [-0.2, 0) is 10.0 Å². The first kappa shape index (κ1) is 16.2. The minimum atomic E-state index is -3.53. The average molecular weight is 357 g/mol. The van der Waals surface area contributed by atoms with Crippen molar-refractivity contribution >= 4 is 33.2 Å². The van der Waals surface area contributed by atoms with Gasteiger partial charge < -0.3 is 4.90 Å². The molecule has 2 N–H and O–H groups in total. The number of hydrogen-bond donors (Lipinski definition) is 1. The van der Waals surface area contributed by atoms with Crippen LogP contribution in [0.15, 0.2) is 18.3 Å². The highest BCUT2D eigenvalue weighted by atomic mass is 35.5. The molecule has 0 aromatic carbocycles. The van der Waals surface area contributed by atoms with E-state index in [1.54, 1.807) is 34.6 Å². The summed E-state index contributed by atoms with van der Waals surface area (Å²) in [6.45, 7) is 2.65. The van der Waals surface area contributed by atoms with Gasteiger partial charge in [0.2, 0.25) is 10.0 Å². The van der Waals surface area contributed by atoms with Gasteiger partial charge in [-0.1, -0.05) is 11.6 Å². The van der Waals surface area contributed by atoms with Crippen molar-refractivity contribution in [3.8, 4) is 0 Å². The number of sulfonamides is 1. The van der Waals surface area contributed by atoms with Crippen LogP contribution in [0, 0.1) is 12.8 Å². The van der Waals surface area contributed by atoms with E-state index in [4.69, 9.17) is 16.7 Å². The number of aromatic nitrogens is 2. The Balaban J connectivity index is 1.87. The third-order valence-corrected chi connectivity index (χ3v) is 5.16. The number of carbonyl (C=O) groups is 1. The van der Waals surface area contributed by atoms with Crippen LogP contribution in [0.4, 0.5) is 0 Å². The van der Waals surface area contributed by atoms with Crippen molar-refractivity contribution in [2.24, 2.45) is 11.1 Å². The number of nitrogens with zero attached hydrogens (tertiary/aromatic N) is 3. The molecule has 3 rings (SSSR count). The Labute approximate surface area is 139 Å². The Morgan fingerprint density at radius 1 is 1.48 bits per heavy atom. The van der Waals surface area contributed by atoms with Crippen molar-refractivity contribution in [1.29, 1.82) is 0 Å². The van der Waals surface area contributed by atoms with Gasteiger partial charge in [0.15, 0.2) is 0 Å². The van der Waals surface area contributed by atoms with E-state index in [1.807, 2.05) is 0 Å². The zero-order valence-electron chi connectivity index (χ0n) is 12.6. The van der Waals surface area contributed by atoms with E-state index in [0.717, 1.165) is 0 Å². The molecule has 1 fully saturated rings. The number of halogens is 1. The Morgan fingerprint density at radius 2 is 2.22 bits per heavy atom. The molecule has 1 unspecified atom stereocenters. The first-order chi connectivity index (χ1) is 10.7. The molecule has 1 atom stereocenters. The summed E-state index contributed by atoms with van der Waals surface area (Å²) in [6, 6.07) is 3.47. The van der Waals surface area contributed by atoms with Crippen LogP contribution in [0.3, 0.4) is 0 Å². The third kappa shape index (κ3) is 3.34. The van der Waals surface area contributed by atoms with E-state index in [0.29, 0.717) is 41.6 Å². The molecule has 0 bridgehead atoms. The Hall–Kier alpha value is -1.64. The van der Waals surface area contributed by atoms with Crippen molar-refractivity contribution < 1.29 is 13.2 Å². The third-order valence-electron chi connectivity index (χ3n) is 4.00. The number of amides is 1. The second-order valence-electron chi connectivity index (χ2n) is 5.86. The van der Waals surface area contributed by atoms with Crippen LogP contribution in [0.1, 0.15) is 22.6 Å². The van der Waals surface area contributed by atoms with Gasteiger partial charge in [0, 0.05) is 19.3 Å². The summed E-state index contributed by atoms with van der Waals surface area (Å²) in [5.41, 5.74) is 1.72. The van der Waals surface area contributed by atoms with E-state index in [-0.39, 0.29) is 17.6 Å². The van der Waals surface area contributed by atoms with Gasteiger partial charge in [0.1, 0.15) is 11.3 Å². The first-order valence-electron chi connectivity index (χ1n) is 7.18. The number of pyridine rings is 1.